The number of nitrogens with two attached hydrogens (primary N) is 1. The molecule has 1 unspecified atom stereocenters. The lowest BCUT2D eigenvalue weighted by molar-refractivity contribution is 0.0440. The molecule has 1 rings (SSSR count). The van der Waals surface area contributed by atoms with Crippen molar-refractivity contribution in [2.45, 2.75) is 6.23 Å². The molecule has 0 aromatic rings. The molecule has 1 aliphatic heterocycles. The molecular weight excluding hydrogens is 128 g/mol. The quantitative estimate of drug-likeness (QED) is 0.568. The van der Waals surface area contributed by atoms with Crippen molar-refractivity contribution in [2.24, 2.45) is 5.73 Å². The summed E-state index contributed by atoms with van der Waals surface area (Å²) in [7, 11) is 3.59. The van der Waals surface area contributed by atoms with Crippen LogP contribution in [0.2, 0.25) is 0 Å². The van der Waals surface area contributed by atoms with E-state index in [-0.39, 0.29) is 6.23 Å². The van der Waals surface area contributed by atoms with Crippen LogP contribution in [0.3, 0.4) is 0 Å². The first kappa shape index (κ1) is 7.15. The average molecular weight is 140 g/mol. The van der Waals surface area contributed by atoms with Gasteiger partial charge in [-0.05, 0) is 12.2 Å². The minimum Gasteiger partial charge on any atom is -0.398 e. The van der Waals surface area contributed by atoms with Crippen molar-refractivity contribution < 1.29 is 4.74 Å². The summed E-state index contributed by atoms with van der Waals surface area (Å²) in [6, 6.07) is 0. The lowest BCUT2D eigenvalue weighted by Gasteiger charge is -2.25. The van der Waals surface area contributed by atoms with E-state index < -0.39 is 0 Å². The van der Waals surface area contributed by atoms with Gasteiger partial charge in [0.25, 0.3) is 0 Å². The number of hydrogen-bond donors (Lipinski definition) is 1. The van der Waals surface area contributed by atoms with Crippen LogP contribution in [-0.4, -0.2) is 25.3 Å². The summed E-state index contributed by atoms with van der Waals surface area (Å²) in [5.74, 6) is 0. The monoisotopic (exact) mass is 140 g/mol. The number of hydrogen-bond acceptors (Lipinski definition) is 3. The highest BCUT2D eigenvalue weighted by molar-refractivity contribution is 5.19. The summed E-state index contributed by atoms with van der Waals surface area (Å²) >= 11 is 0. The van der Waals surface area contributed by atoms with Crippen LogP contribution in [0.5, 0.6) is 0 Å². The Kier molecular flexibility index (Phi) is 1.97. The van der Waals surface area contributed by atoms with Gasteiger partial charge in [0.05, 0.1) is 0 Å². The summed E-state index contributed by atoms with van der Waals surface area (Å²) in [4.78, 5) is 1.91. The van der Waals surface area contributed by atoms with E-state index >= 15 is 0 Å². The first-order chi connectivity index (χ1) is 4.74. The molecule has 0 aromatic heterocycles. The topological polar surface area (TPSA) is 38.5 Å². The van der Waals surface area contributed by atoms with Crippen LogP contribution < -0.4 is 5.73 Å². The number of ether oxygens (including phenoxy) is 1. The predicted octanol–water partition coefficient (Wildman–Crippen LogP) is 0.261. The van der Waals surface area contributed by atoms with Crippen LogP contribution in [0.25, 0.3) is 0 Å². The zero-order valence-electron chi connectivity index (χ0n) is 6.24. The maximum atomic E-state index is 5.52. The second kappa shape index (κ2) is 2.75. The van der Waals surface area contributed by atoms with Gasteiger partial charge in [0.2, 0.25) is 0 Å². The maximum absolute atomic E-state index is 5.52. The summed E-state index contributed by atoms with van der Waals surface area (Å²) < 4.78 is 5.09. The lowest BCUT2D eigenvalue weighted by Crippen LogP contribution is -2.30. The zero-order chi connectivity index (χ0) is 7.56. The van der Waals surface area contributed by atoms with Gasteiger partial charge in [-0.25, -0.2) is 0 Å². The van der Waals surface area contributed by atoms with Gasteiger partial charge < -0.3 is 15.4 Å². The van der Waals surface area contributed by atoms with E-state index in [1.165, 1.54) is 0 Å². The normalized spacial score (nSPS) is 24.8. The minimum atomic E-state index is 0.0345. The predicted molar refractivity (Wildman–Crippen MR) is 40.0 cm³/mol. The van der Waals surface area contributed by atoms with Crippen LogP contribution in [0.15, 0.2) is 24.0 Å². The molecule has 2 N–H and O–H groups in total. The summed E-state index contributed by atoms with van der Waals surface area (Å²) in [5, 5.41) is 0. The minimum absolute atomic E-state index is 0.0345. The Morgan fingerprint density at radius 3 is 2.90 bits per heavy atom. The van der Waals surface area contributed by atoms with Gasteiger partial charge in [-0.3, -0.25) is 0 Å². The van der Waals surface area contributed by atoms with E-state index in [1.54, 1.807) is 7.11 Å². The fraction of sp³-hybridized carbons (Fsp3) is 0.429. The third-order valence-corrected chi connectivity index (χ3v) is 1.45. The first-order valence-electron chi connectivity index (χ1n) is 3.14. The number of allylic oxidation sites excluding steroid dienone is 1. The molecule has 0 spiro atoms. The van der Waals surface area contributed by atoms with E-state index in [0.29, 0.717) is 0 Å². The van der Waals surface area contributed by atoms with Crippen LogP contribution in [0, 0.1) is 0 Å². The van der Waals surface area contributed by atoms with E-state index in [0.717, 1.165) is 5.70 Å². The Balaban J connectivity index is 2.64. The Morgan fingerprint density at radius 1 is 1.70 bits per heavy atom. The van der Waals surface area contributed by atoms with Crippen molar-refractivity contribution in [1.82, 2.24) is 4.90 Å². The Bertz CT molecular complexity index is 174. The van der Waals surface area contributed by atoms with Crippen LogP contribution in [-0.2, 0) is 4.74 Å². The molecule has 0 aromatic carbocycles. The van der Waals surface area contributed by atoms with Crippen molar-refractivity contribution in [3.63, 3.8) is 0 Å². The van der Waals surface area contributed by atoms with Crippen molar-refractivity contribution in [3.05, 3.63) is 24.0 Å². The third kappa shape index (κ3) is 1.30. The SMILES string of the molecule is COC1C=CC(N)=CN1C. The smallest absolute Gasteiger partial charge is 0.148 e. The lowest BCUT2D eigenvalue weighted by atomic mass is 10.3. The van der Waals surface area contributed by atoms with Gasteiger partial charge in [0, 0.05) is 26.1 Å². The fourth-order valence-corrected chi connectivity index (χ4v) is 0.926. The standard InChI is InChI=1S/C7H12N2O/c1-9-5-6(8)3-4-7(9)10-2/h3-5,7H,8H2,1-2H3. The van der Waals surface area contributed by atoms with Crippen LogP contribution in [0.4, 0.5) is 0 Å². The molecule has 0 saturated heterocycles. The second-order valence-corrected chi connectivity index (χ2v) is 2.28. The fourth-order valence-electron chi connectivity index (χ4n) is 0.926. The molecular formula is C7H12N2O. The van der Waals surface area contributed by atoms with Gasteiger partial charge in [-0.1, -0.05) is 0 Å². The maximum Gasteiger partial charge on any atom is 0.148 e. The molecule has 3 nitrogen and oxygen atoms in total. The largest absolute Gasteiger partial charge is 0.398 e. The van der Waals surface area contributed by atoms with Gasteiger partial charge in [-0.2, -0.15) is 0 Å². The molecule has 0 radical (unpaired) electrons. The molecule has 0 fully saturated rings. The molecule has 0 saturated carbocycles. The Hall–Kier alpha value is -0.960. The first-order valence-corrected chi connectivity index (χ1v) is 3.14. The molecule has 0 amide bonds. The Labute approximate surface area is 60.8 Å². The van der Waals surface area contributed by atoms with Gasteiger partial charge >= 0.3 is 0 Å². The molecule has 3 heteroatoms. The van der Waals surface area contributed by atoms with Crippen molar-refractivity contribution in [2.75, 3.05) is 14.2 Å². The van der Waals surface area contributed by atoms with Crippen molar-refractivity contribution in [3.8, 4) is 0 Å². The number of nitrogens with zero attached hydrogens (tertiary/aromatic N) is 1. The average Bonchev–Trinajstić information content (AvgIpc) is 1.88. The molecule has 1 atom stereocenters. The molecule has 1 aliphatic rings. The van der Waals surface area contributed by atoms with Crippen LogP contribution in [0.1, 0.15) is 0 Å². The highest BCUT2D eigenvalue weighted by Crippen LogP contribution is 2.07. The number of methoxy groups -OCH3 is 1. The Morgan fingerprint density at radius 2 is 2.40 bits per heavy atom. The number of likely N-dealkylation sites (N-methyl/N-ethyl adjacent to an activating group) is 1. The van der Waals surface area contributed by atoms with Crippen LogP contribution >= 0.6 is 0 Å². The molecule has 1 heterocycles. The van der Waals surface area contributed by atoms with Crippen molar-refractivity contribution in [1.29, 1.82) is 0 Å². The van der Waals surface area contributed by atoms with Crippen molar-refractivity contribution >= 4 is 0 Å². The van der Waals surface area contributed by atoms with E-state index in [1.807, 2.05) is 30.3 Å². The highest BCUT2D eigenvalue weighted by Gasteiger charge is 2.09. The van der Waals surface area contributed by atoms with E-state index in [2.05, 4.69) is 0 Å². The molecule has 56 valence electrons. The molecule has 0 bridgehead atoms. The number of rotatable bonds is 1. The van der Waals surface area contributed by atoms with Gasteiger partial charge in [0.15, 0.2) is 0 Å². The third-order valence-electron chi connectivity index (χ3n) is 1.45. The highest BCUT2D eigenvalue weighted by atomic mass is 16.5. The second-order valence-electron chi connectivity index (χ2n) is 2.28. The summed E-state index contributed by atoms with van der Waals surface area (Å²) in [6.07, 6.45) is 5.63. The summed E-state index contributed by atoms with van der Waals surface area (Å²) in [6.45, 7) is 0. The van der Waals surface area contributed by atoms with Gasteiger partial charge in [0.1, 0.15) is 6.23 Å². The summed E-state index contributed by atoms with van der Waals surface area (Å²) in [5.41, 5.74) is 6.28. The van der Waals surface area contributed by atoms with Gasteiger partial charge in [-0.15, -0.1) is 0 Å². The van der Waals surface area contributed by atoms with E-state index in [9.17, 15) is 0 Å². The molecule has 0 aliphatic carbocycles. The molecule has 10 heavy (non-hydrogen) atoms. The zero-order valence-corrected chi connectivity index (χ0v) is 6.24. The van der Waals surface area contributed by atoms with E-state index in [4.69, 9.17) is 10.5 Å².